The summed E-state index contributed by atoms with van der Waals surface area (Å²) in [5, 5.41) is 0. The molecule has 0 aliphatic carbocycles. The number of hydrogen-bond donors (Lipinski definition) is 2. The molecule has 1 rings (SSSR count). The average Bonchev–Trinajstić information content (AvgIpc) is 2.42. The van der Waals surface area contributed by atoms with Crippen LogP contribution in [0.5, 0.6) is 0 Å². The molecule has 0 amide bonds. The van der Waals surface area contributed by atoms with Gasteiger partial charge in [-0.3, -0.25) is 0 Å². The van der Waals surface area contributed by atoms with Gasteiger partial charge in [-0.1, -0.05) is 20.8 Å². The number of ether oxygens (including phenoxy) is 2. The summed E-state index contributed by atoms with van der Waals surface area (Å²) in [7, 11) is 0. The molecule has 1 fully saturated rings. The molecule has 14 heavy (non-hydrogen) atoms. The Morgan fingerprint density at radius 2 is 1.43 bits per heavy atom. The van der Waals surface area contributed by atoms with Crippen molar-refractivity contribution in [2.75, 3.05) is 13.1 Å². The van der Waals surface area contributed by atoms with Crippen LogP contribution in [-0.4, -0.2) is 31.1 Å². The highest BCUT2D eigenvalue weighted by molar-refractivity contribution is 4.91. The van der Waals surface area contributed by atoms with E-state index < -0.39 is 5.79 Å². The molecule has 4 N–H and O–H groups in total. The van der Waals surface area contributed by atoms with Crippen molar-refractivity contribution in [2.24, 2.45) is 16.9 Å². The lowest BCUT2D eigenvalue weighted by atomic mass is 9.87. The molecule has 0 bridgehead atoms. The maximum absolute atomic E-state index is 5.84. The second-order valence-electron chi connectivity index (χ2n) is 4.98. The summed E-state index contributed by atoms with van der Waals surface area (Å²) >= 11 is 0. The highest BCUT2D eigenvalue weighted by atomic mass is 16.8. The minimum atomic E-state index is -0.582. The lowest BCUT2D eigenvalue weighted by molar-refractivity contribution is -0.222. The van der Waals surface area contributed by atoms with E-state index in [1.807, 2.05) is 6.92 Å². The zero-order chi connectivity index (χ0) is 11.0. The number of rotatable bonds is 2. The van der Waals surface area contributed by atoms with E-state index >= 15 is 0 Å². The second kappa shape index (κ2) is 3.77. The first-order valence-corrected chi connectivity index (χ1v) is 5.10. The van der Waals surface area contributed by atoms with Gasteiger partial charge in [0.2, 0.25) is 0 Å². The third-order valence-electron chi connectivity index (χ3n) is 2.99. The summed E-state index contributed by atoms with van der Waals surface area (Å²) in [6.07, 6.45) is -0.159. The molecule has 0 aromatic rings. The van der Waals surface area contributed by atoms with E-state index in [9.17, 15) is 0 Å². The molecule has 2 unspecified atom stereocenters. The topological polar surface area (TPSA) is 70.5 Å². The standard InChI is InChI=1S/C10H22N2O2/c1-9(2,3)10(4)13-7(5-11)8(6-12)14-10/h7-8H,5-6,11-12H2,1-4H3. The molecule has 0 aromatic carbocycles. The van der Waals surface area contributed by atoms with Gasteiger partial charge in [0.05, 0.1) is 0 Å². The van der Waals surface area contributed by atoms with Crippen molar-refractivity contribution in [3.63, 3.8) is 0 Å². The van der Waals surface area contributed by atoms with Crippen molar-refractivity contribution in [1.29, 1.82) is 0 Å². The second-order valence-corrected chi connectivity index (χ2v) is 4.98. The van der Waals surface area contributed by atoms with Gasteiger partial charge >= 0.3 is 0 Å². The summed E-state index contributed by atoms with van der Waals surface area (Å²) in [6, 6.07) is 0. The quantitative estimate of drug-likeness (QED) is 0.682. The summed E-state index contributed by atoms with van der Waals surface area (Å²) in [5.74, 6) is -0.582. The number of hydrogen-bond acceptors (Lipinski definition) is 4. The van der Waals surface area contributed by atoms with E-state index in [4.69, 9.17) is 20.9 Å². The van der Waals surface area contributed by atoms with Crippen LogP contribution >= 0.6 is 0 Å². The van der Waals surface area contributed by atoms with Crippen molar-refractivity contribution in [3.05, 3.63) is 0 Å². The fraction of sp³-hybridized carbons (Fsp3) is 1.00. The van der Waals surface area contributed by atoms with Crippen LogP contribution in [0, 0.1) is 5.41 Å². The first kappa shape index (κ1) is 11.9. The van der Waals surface area contributed by atoms with Crippen LogP contribution in [0.4, 0.5) is 0 Å². The Morgan fingerprint density at radius 3 is 1.64 bits per heavy atom. The average molecular weight is 202 g/mol. The van der Waals surface area contributed by atoms with Crippen molar-refractivity contribution < 1.29 is 9.47 Å². The predicted octanol–water partition coefficient (Wildman–Crippen LogP) is 0.450. The van der Waals surface area contributed by atoms with Gasteiger partial charge in [0.25, 0.3) is 0 Å². The van der Waals surface area contributed by atoms with Crippen LogP contribution in [-0.2, 0) is 9.47 Å². The van der Waals surface area contributed by atoms with Gasteiger partial charge in [0.1, 0.15) is 12.2 Å². The number of nitrogens with two attached hydrogens (primary N) is 2. The lowest BCUT2D eigenvalue weighted by Gasteiger charge is -2.36. The summed E-state index contributed by atoms with van der Waals surface area (Å²) in [6.45, 7) is 9.10. The Balaban J connectivity index is 2.78. The van der Waals surface area contributed by atoms with Crippen LogP contribution < -0.4 is 11.5 Å². The van der Waals surface area contributed by atoms with E-state index in [0.717, 1.165) is 0 Å². The third kappa shape index (κ3) is 1.93. The molecule has 1 aliphatic rings. The van der Waals surface area contributed by atoms with Gasteiger partial charge in [-0.15, -0.1) is 0 Å². The van der Waals surface area contributed by atoms with Gasteiger partial charge in [0.15, 0.2) is 5.79 Å². The highest BCUT2D eigenvalue weighted by Gasteiger charge is 2.50. The van der Waals surface area contributed by atoms with Crippen LogP contribution in [0.15, 0.2) is 0 Å². The molecule has 84 valence electrons. The lowest BCUT2D eigenvalue weighted by Crippen LogP contribution is -2.42. The van der Waals surface area contributed by atoms with Crippen LogP contribution in [0.3, 0.4) is 0 Å². The molecule has 0 saturated carbocycles. The Morgan fingerprint density at radius 1 is 1.07 bits per heavy atom. The van der Waals surface area contributed by atoms with E-state index in [1.165, 1.54) is 0 Å². The minimum absolute atomic E-state index is 0.0790. The fourth-order valence-corrected chi connectivity index (χ4v) is 1.51. The summed E-state index contributed by atoms with van der Waals surface area (Å²) in [5.41, 5.74) is 11.1. The first-order valence-electron chi connectivity index (χ1n) is 5.10. The summed E-state index contributed by atoms with van der Waals surface area (Å²) < 4.78 is 11.7. The van der Waals surface area contributed by atoms with Gasteiger partial charge < -0.3 is 20.9 Å². The predicted molar refractivity (Wildman–Crippen MR) is 55.7 cm³/mol. The monoisotopic (exact) mass is 202 g/mol. The van der Waals surface area contributed by atoms with Crippen LogP contribution in [0.25, 0.3) is 0 Å². The molecule has 2 atom stereocenters. The molecule has 1 heterocycles. The van der Waals surface area contributed by atoms with Crippen molar-refractivity contribution >= 4 is 0 Å². The van der Waals surface area contributed by atoms with Crippen LogP contribution in [0.1, 0.15) is 27.7 Å². The highest BCUT2D eigenvalue weighted by Crippen LogP contribution is 2.41. The molecule has 0 radical (unpaired) electrons. The molecule has 0 spiro atoms. The van der Waals surface area contributed by atoms with Gasteiger partial charge in [-0.2, -0.15) is 0 Å². The Kier molecular flexibility index (Phi) is 3.21. The largest absolute Gasteiger partial charge is 0.342 e. The fourth-order valence-electron chi connectivity index (χ4n) is 1.51. The Labute approximate surface area is 85.9 Å². The molecule has 1 aliphatic heterocycles. The zero-order valence-corrected chi connectivity index (χ0v) is 9.54. The third-order valence-corrected chi connectivity index (χ3v) is 2.99. The Hall–Kier alpha value is -0.160. The first-order chi connectivity index (χ1) is 6.34. The maximum Gasteiger partial charge on any atom is 0.171 e. The SMILES string of the molecule is CC(C)(C)C1(C)OC(CN)C(CN)O1. The van der Waals surface area contributed by atoms with E-state index in [1.54, 1.807) is 0 Å². The normalized spacial score (nSPS) is 39.0. The van der Waals surface area contributed by atoms with Crippen molar-refractivity contribution in [3.8, 4) is 0 Å². The summed E-state index contributed by atoms with van der Waals surface area (Å²) in [4.78, 5) is 0. The zero-order valence-electron chi connectivity index (χ0n) is 9.54. The van der Waals surface area contributed by atoms with E-state index in [0.29, 0.717) is 13.1 Å². The molecule has 0 aromatic heterocycles. The molecular weight excluding hydrogens is 180 g/mol. The minimum Gasteiger partial charge on any atom is -0.342 e. The smallest absolute Gasteiger partial charge is 0.171 e. The molecular formula is C10H22N2O2. The van der Waals surface area contributed by atoms with Crippen molar-refractivity contribution in [2.45, 2.75) is 45.7 Å². The van der Waals surface area contributed by atoms with Crippen molar-refractivity contribution in [1.82, 2.24) is 0 Å². The van der Waals surface area contributed by atoms with Gasteiger partial charge in [0, 0.05) is 18.5 Å². The van der Waals surface area contributed by atoms with Gasteiger partial charge in [-0.05, 0) is 6.92 Å². The van der Waals surface area contributed by atoms with Crippen LogP contribution in [0.2, 0.25) is 0 Å². The maximum atomic E-state index is 5.84. The van der Waals surface area contributed by atoms with E-state index in [2.05, 4.69) is 20.8 Å². The van der Waals surface area contributed by atoms with E-state index in [-0.39, 0.29) is 17.6 Å². The Bertz CT molecular complexity index is 189. The molecule has 4 heteroatoms. The molecule has 1 saturated heterocycles. The molecule has 4 nitrogen and oxygen atoms in total. The van der Waals surface area contributed by atoms with Gasteiger partial charge in [-0.25, -0.2) is 0 Å².